The average molecular weight is 403 g/mol. The van der Waals surface area contributed by atoms with Gasteiger partial charge in [-0.2, -0.15) is 18.3 Å². The molecule has 0 atom stereocenters. The van der Waals surface area contributed by atoms with Crippen LogP contribution in [0.1, 0.15) is 5.69 Å². The van der Waals surface area contributed by atoms with Crippen LogP contribution in [-0.2, 0) is 16.2 Å². The number of sulfonamides is 1. The Morgan fingerprint density at radius 2 is 1.63 bits per heavy atom. The van der Waals surface area contributed by atoms with Crippen molar-refractivity contribution in [3.8, 4) is 5.69 Å². The van der Waals surface area contributed by atoms with Crippen LogP contribution in [0, 0.1) is 11.6 Å². The summed E-state index contributed by atoms with van der Waals surface area (Å²) >= 11 is 0. The van der Waals surface area contributed by atoms with E-state index in [9.17, 15) is 30.4 Å². The van der Waals surface area contributed by atoms with Gasteiger partial charge in [0.05, 0.1) is 5.69 Å². The Bertz CT molecular complexity index is 1080. The number of rotatable bonds is 4. The van der Waals surface area contributed by atoms with Gasteiger partial charge in [0.2, 0.25) is 0 Å². The third-order valence-electron chi connectivity index (χ3n) is 3.45. The minimum absolute atomic E-state index is 0.0330. The molecule has 0 fully saturated rings. The van der Waals surface area contributed by atoms with E-state index in [1.165, 1.54) is 24.3 Å². The lowest BCUT2D eigenvalue weighted by Crippen LogP contribution is -2.14. The monoisotopic (exact) mass is 403 g/mol. The van der Waals surface area contributed by atoms with E-state index in [1.54, 1.807) is 0 Å². The molecule has 3 rings (SSSR count). The van der Waals surface area contributed by atoms with Crippen LogP contribution < -0.4 is 4.72 Å². The van der Waals surface area contributed by atoms with Crippen molar-refractivity contribution in [3.63, 3.8) is 0 Å². The van der Waals surface area contributed by atoms with Gasteiger partial charge >= 0.3 is 6.18 Å². The van der Waals surface area contributed by atoms with Gasteiger partial charge in [0.15, 0.2) is 5.69 Å². The van der Waals surface area contributed by atoms with Crippen molar-refractivity contribution in [2.24, 2.45) is 0 Å². The van der Waals surface area contributed by atoms with Crippen LogP contribution >= 0.6 is 0 Å². The topological polar surface area (TPSA) is 64.0 Å². The molecule has 27 heavy (non-hydrogen) atoms. The zero-order valence-electron chi connectivity index (χ0n) is 13.2. The summed E-state index contributed by atoms with van der Waals surface area (Å²) in [6.45, 7) is 0. The Labute approximate surface area is 150 Å². The van der Waals surface area contributed by atoms with E-state index in [0.29, 0.717) is 6.07 Å². The second kappa shape index (κ2) is 6.65. The van der Waals surface area contributed by atoms with E-state index in [1.807, 2.05) is 0 Å². The number of aromatic nitrogens is 2. The lowest BCUT2D eigenvalue weighted by molar-refractivity contribution is -0.141. The van der Waals surface area contributed by atoms with Crippen LogP contribution in [0.3, 0.4) is 0 Å². The van der Waals surface area contributed by atoms with Gasteiger partial charge in [0.1, 0.15) is 16.5 Å². The average Bonchev–Trinajstić information content (AvgIpc) is 3.05. The molecule has 1 N–H and O–H groups in total. The predicted octanol–water partition coefficient (Wildman–Crippen LogP) is 3.97. The van der Waals surface area contributed by atoms with Crippen molar-refractivity contribution in [2.45, 2.75) is 11.1 Å². The molecule has 0 radical (unpaired) electrons. The van der Waals surface area contributed by atoms with Crippen LogP contribution in [0.5, 0.6) is 0 Å². The molecule has 1 heterocycles. The van der Waals surface area contributed by atoms with Crippen molar-refractivity contribution in [3.05, 3.63) is 72.1 Å². The Hall–Kier alpha value is -2.95. The van der Waals surface area contributed by atoms with Gasteiger partial charge in [-0.3, -0.25) is 4.72 Å². The standard InChI is InChI=1S/C16H10F5N3O2S/c17-10-1-6-14(13(18)9-10)27(25,26)23-11-2-4-12(5-3-11)24-8-7-15(22-24)16(19,20)21/h1-9,23H. The SMILES string of the molecule is O=S(=O)(Nc1ccc(-n2ccc(C(F)(F)F)n2)cc1)c1ccc(F)cc1F. The number of halogens is 5. The van der Waals surface area contributed by atoms with Gasteiger partial charge < -0.3 is 0 Å². The Morgan fingerprint density at radius 1 is 0.963 bits per heavy atom. The number of nitrogens with zero attached hydrogens (tertiary/aromatic N) is 2. The summed E-state index contributed by atoms with van der Waals surface area (Å²) in [5, 5.41) is 3.39. The zero-order chi connectivity index (χ0) is 19.8. The molecule has 5 nitrogen and oxygen atoms in total. The van der Waals surface area contributed by atoms with Crippen molar-refractivity contribution >= 4 is 15.7 Å². The number of benzene rings is 2. The fourth-order valence-corrected chi connectivity index (χ4v) is 3.32. The summed E-state index contributed by atoms with van der Waals surface area (Å²) in [5.41, 5.74) is -0.786. The maximum absolute atomic E-state index is 13.7. The molecule has 0 unspecified atom stereocenters. The highest BCUT2D eigenvalue weighted by atomic mass is 32.2. The first-order valence-corrected chi connectivity index (χ1v) is 8.76. The van der Waals surface area contributed by atoms with E-state index < -0.39 is 38.4 Å². The molecular formula is C16H10F5N3O2S. The maximum atomic E-state index is 13.7. The summed E-state index contributed by atoms with van der Waals surface area (Å²) in [6.07, 6.45) is -3.48. The molecule has 0 aliphatic carbocycles. The maximum Gasteiger partial charge on any atom is 0.435 e. The molecule has 0 aliphatic heterocycles. The summed E-state index contributed by atoms with van der Waals surface area (Å²) in [5.74, 6) is -2.18. The molecule has 0 bridgehead atoms. The lowest BCUT2D eigenvalue weighted by atomic mass is 10.3. The van der Waals surface area contributed by atoms with E-state index in [2.05, 4.69) is 9.82 Å². The Morgan fingerprint density at radius 3 is 2.19 bits per heavy atom. The fourth-order valence-electron chi connectivity index (χ4n) is 2.20. The molecular weight excluding hydrogens is 393 g/mol. The molecule has 142 valence electrons. The first-order chi connectivity index (χ1) is 12.6. The molecule has 0 saturated carbocycles. The van der Waals surface area contributed by atoms with E-state index >= 15 is 0 Å². The minimum Gasteiger partial charge on any atom is -0.280 e. The smallest absolute Gasteiger partial charge is 0.280 e. The number of anilines is 1. The molecule has 3 aromatic rings. The molecule has 11 heteroatoms. The highest BCUT2D eigenvalue weighted by molar-refractivity contribution is 7.92. The number of nitrogens with one attached hydrogen (secondary N) is 1. The lowest BCUT2D eigenvalue weighted by Gasteiger charge is -2.10. The van der Waals surface area contributed by atoms with Crippen molar-refractivity contribution in [1.29, 1.82) is 0 Å². The molecule has 0 amide bonds. The van der Waals surface area contributed by atoms with Crippen molar-refractivity contribution < 1.29 is 30.4 Å². The molecule has 0 aliphatic rings. The summed E-state index contributed by atoms with van der Waals surface area (Å²) in [6, 6.07) is 8.01. The van der Waals surface area contributed by atoms with Crippen LogP contribution in [-0.4, -0.2) is 18.2 Å². The number of alkyl halides is 3. The first kappa shape index (κ1) is 18.8. The minimum atomic E-state index is -4.58. The summed E-state index contributed by atoms with van der Waals surface area (Å²) in [7, 11) is -4.32. The van der Waals surface area contributed by atoms with Crippen molar-refractivity contribution in [1.82, 2.24) is 9.78 Å². The van der Waals surface area contributed by atoms with Crippen LogP contribution in [0.15, 0.2) is 59.6 Å². The molecule has 0 saturated heterocycles. The number of hydrogen-bond donors (Lipinski definition) is 1. The summed E-state index contributed by atoms with van der Waals surface area (Å²) < 4.78 is 91.8. The highest BCUT2D eigenvalue weighted by Crippen LogP contribution is 2.28. The van der Waals surface area contributed by atoms with Crippen LogP contribution in [0.25, 0.3) is 5.69 Å². The molecule has 1 aromatic heterocycles. The second-order valence-corrected chi connectivity index (χ2v) is 7.02. The van der Waals surface area contributed by atoms with Gasteiger partial charge in [-0.25, -0.2) is 21.9 Å². The van der Waals surface area contributed by atoms with Crippen LogP contribution in [0.2, 0.25) is 0 Å². The fraction of sp³-hybridized carbons (Fsp3) is 0.0625. The van der Waals surface area contributed by atoms with Gasteiger partial charge in [0, 0.05) is 18.0 Å². The predicted molar refractivity (Wildman–Crippen MR) is 85.7 cm³/mol. The zero-order valence-corrected chi connectivity index (χ0v) is 14.0. The normalized spacial score (nSPS) is 12.2. The third kappa shape index (κ3) is 4.08. The molecule has 2 aromatic carbocycles. The third-order valence-corrected chi connectivity index (χ3v) is 4.86. The van der Waals surface area contributed by atoms with Crippen LogP contribution in [0.4, 0.5) is 27.6 Å². The van der Waals surface area contributed by atoms with Gasteiger partial charge in [0.25, 0.3) is 10.0 Å². The Balaban J connectivity index is 1.82. The quantitative estimate of drug-likeness (QED) is 0.671. The Kier molecular flexibility index (Phi) is 4.64. The molecule has 0 spiro atoms. The van der Waals surface area contributed by atoms with Gasteiger partial charge in [-0.05, 0) is 42.5 Å². The van der Waals surface area contributed by atoms with Gasteiger partial charge in [-0.1, -0.05) is 0 Å². The first-order valence-electron chi connectivity index (χ1n) is 7.27. The largest absolute Gasteiger partial charge is 0.435 e. The highest BCUT2D eigenvalue weighted by Gasteiger charge is 2.33. The second-order valence-electron chi connectivity index (χ2n) is 5.37. The van der Waals surface area contributed by atoms with Crippen molar-refractivity contribution in [2.75, 3.05) is 4.72 Å². The number of hydrogen-bond acceptors (Lipinski definition) is 3. The summed E-state index contributed by atoms with van der Waals surface area (Å²) in [4.78, 5) is -0.741. The van der Waals surface area contributed by atoms with E-state index in [0.717, 1.165) is 29.1 Å². The van der Waals surface area contributed by atoms with E-state index in [-0.39, 0.29) is 11.4 Å². The van der Waals surface area contributed by atoms with E-state index in [4.69, 9.17) is 0 Å². The van der Waals surface area contributed by atoms with Gasteiger partial charge in [-0.15, -0.1) is 0 Å².